The van der Waals surface area contributed by atoms with Gasteiger partial charge in [0.15, 0.2) is 0 Å². The van der Waals surface area contributed by atoms with E-state index in [1.165, 1.54) is 6.07 Å². The molecule has 2 rings (SSSR count). The number of carbonyl (C=O) groups is 1. The predicted molar refractivity (Wildman–Crippen MR) is 82.2 cm³/mol. The molecule has 1 aromatic heterocycles. The lowest BCUT2D eigenvalue weighted by Crippen LogP contribution is -2.32. The molecule has 10 heteroatoms. The van der Waals surface area contributed by atoms with Crippen molar-refractivity contribution >= 4 is 22.0 Å². The quantitative estimate of drug-likeness (QED) is 0.512. The Kier molecular flexibility index (Phi) is 5.63. The number of carboxylic acid groups (broad SMARTS) is 1. The van der Waals surface area contributed by atoms with Crippen molar-refractivity contribution in [1.82, 2.24) is 10.3 Å². The minimum Gasteiger partial charge on any atom is -0.465 e. The van der Waals surface area contributed by atoms with Crippen LogP contribution in [-0.2, 0) is 6.18 Å². The molecule has 2 aromatic rings. The second-order valence-corrected chi connectivity index (χ2v) is 5.94. The molecule has 0 fully saturated rings. The first-order valence-electron chi connectivity index (χ1n) is 6.75. The first-order chi connectivity index (χ1) is 11.6. The van der Waals surface area contributed by atoms with E-state index in [4.69, 9.17) is 5.11 Å². The highest BCUT2D eigenvalue weighted by Gasteiger charge is 2.32. The highest BCUT2D eigenvalue weighted by Crippen LogP contribution is 2.34. The third-order valence-electron chi connectivity index (χ3n) is 3.34. The standard InChI is InChI=1S/C15H11BrF4N2O3/c16-9-5-10(13(17)21-6-9)11(22-14(24)25)12(23)7-1-3-8(4-2-7)15(18,19)20/h1-6,11-12,22-23H,(H,24,25)/t11-,12+/m1/s1. The summed E-state index contributed by atoms with van der Waals surface area (Å²) >= 11 is 3.06. The van der Waals surface area contributed by atoms with Gasteiger partial charge in [-0.05, 0) is 39.7 Å². The zero-order valence-electron chi connectivity index (χ0n) is 12.3. The van der Waals surface area contributed by atoms with E-state index in [2.05, 4.69) is 20.9 Å². The van der Waals surface area contributed by atoms with E-state index in [-0.39, 0.29) is 11.1 Å². The van der Waals surface area contributed by atoms with E-state index >= 15 is 0 Å². The van der Waals surface area contributed by atoms with E-state index in [9.17, 15) is 27.5 Å². The van der Waals surface area contributed by atoms with E-state index in [1.54, 1.807) is 0 Å². The second-order valence-electron chi connectivity index (χ2n) is 5.03. The molecule has 0 saturated carbocycles. The van der Waals surface area contributed by atoms with Crippen LogP contribution in [0, 0.1) is 5.95 Å². The molecule has 1 heterocycles. The number of hydrogen-bond donors (Lipinski definition) is 3. The molecule has 0 radical (unpaired) electrons. The third kappa shape index (κ3) is 4.67. The molecule has 1 amide bonds. The van der Waals surface area contributed by atoms with Crippen molar-refractivity contribution in [2.75, 3.05) is 0 Å². The van der Waals surface area contributed by atoms with Crippen LogP contribution >= 0.6 is 15.9 Å². The number of benzene rings is 1. The molecule has 0 aliphatic rings. The van der Waals surface area contributed by atoms with E-state index in [1.807, 2.05) is 5.32 Å². The van der Waals surface area contributed by atoms with Crippen LogP contribution in [0.25, 0.3) is 0 Å². The maximum atomic E-state index is 13.9. The summed E-state index contributed by atoms with van der Waals surface area (Å²) in [6.45, 7) is 0. The Morgan fingerprint density at radius 3 is 2.36 bits per heavy atom. The van der Waals surface area contributed by atoms with Gasteiger partial charge in [-0.1, -0.05) is 12.1 Å². The van der Waals surface area contributed by atoms with Crippen LogP contribution < -0.4 is 5.32 Å². The van der Waals surface area contributed by atoms with Gasteiger partial charge in [0.05, 0.1) is 11.6 Å². The molecular weight excluding hydrogens is 412 g/mol. The summed E-state index contributed by atoms with van der Waals surface area (Å²) in [5.74, 6) is -1.02. The molecule has 0 spiro atoms. The van der Waals surface area contributed by atoms with Gasteiger partial charge in [0.2, 0.25) is 5.95 Å². The number of aliphatic hydroxyl groups excluding tert-OH is 1. The number of hydrogen-bond acceptors (Lipinski definition) is 3. The van der Waals surface area contributed by atoms with Gasteiger partial charge in [-0.25, -0.2) is 9.78 Å². The van der Waals surface area contributed by atoms with E-state index < -0.39 is 35.9 Å². The van der Waals surface area contributed by atoms with Crippen molar-refractivity contribution < 1.29 is 32.6 Å². The third-order valence-corrected chi connectivity index (χ3v) is 3.78. The van der Waals surface area contributed by atoms with Crippen LogP contribution in [0.2, 0.25) is 0 Å². The van der Waals surface area contributed by atoms with Crippen LogP contribution in [0.5, 0.6) is 0 Å². The van der Waals surface area contributed by atoms with Crippen LogP contribution in [0.3, 0.4) is 0 Å². The number of halogens is 5. The van der Waals surface area contributed by atoms with Crippen LogP contribution in [-0.4, -0.2) is 21.3 Å². The molecule has 0 saturated heterocycles. The van der Waals surface area contributed by atoms with Gasteiger partial charge < -0.3 is 15.5 Å². The highest BCUT2D eigenvalue weighted by atomic mass is 79.9. The van der Waals surface area contributed by atoms with Crippen molar-refractivity contribution in [3.8, 4) is 0 Å². The van der Waals surface area contributed by atoms with E-state index in [0.717, 1.165) is 30.5 Å². The van der Waals surface area contributed by atoms with Crippen molar-refractivity contribution in [1.29, 1.82) is 0 Å². The zero-order chi connectivity index (χ0) is 18.8. The topological polar surface area (TPSA) is 82.5 Å². The van der Waals surface area contributed by atoms with Crippen molar-refractivity contribution in [2.24, 2.45) is 0 Å². The minimum absolute atomic E-state index is 0.0221. The number of nitrogens with one attached hydrogen (secondary N) is 1. The summed E-state index contributed by atoms with van der Waals surface area (Å²) in [5.41, 5.74) is -1.21. The Bertz CT molecular complexity index is 768. The molecule has 134 valence electrons. The second kappa shape index (κ2) is 7.36. The number of amides is 1. The first kappa shape index (κ1) is 19.1. The summed E-state index contributed by atoms with van der Waals surface area (Å²) in [7, 11) is 0. The molecule has 25 heavy (non-hydrogen) atoms. The Balaban J connectivity index is 2.40. The molecule has 0 aliphatic carbocycles. The summed E-state index contributed by atoms with van der Waals surface area (Å²) in [4.78, 5) is 14.4. The number of pyridine rings is 1. The molecule has 3 N–H and O–H groups in total. The largest absolute Gasteiger partial charge is 0.465 e. The molecular formula is C15H11BrF4N2O3. The van der Waals surface area contributed by atoms with Crippen molar-refractivity contribution in [3.63, 3.8) is 0 Å². The van der Waals surface area contributed by atoms with Gasteiger partial charge in [-0.3, -0.25) is 0 Å². The maximum absolute atomic E-state index is 13.9. The normalized spacial score (nSPS) is 14.0. The molecule has 0 bridgehead atoms. The number of alkyl halides is 3. The molecule has 5 nitrogen and oxygen atoms in total. The predicted octanol–water partition coefficient (Wildman–Crippen LogP) is 4.04. The molecule has 0 aliphatic heterocycles. The fraction of sp³-hybridized carbons (Fsp3) is 0.200. The van der Waals surface area contributed by atoms with Gasteiger partial charge in [-0.2, -0.15) is 17.6 Å². The lowest BCUT2D eigenvalue weighted by Gasteiger charge is -2.24. The fourth-order valence-electron chi connectivity index (χ4n) is 2.18. The molecule has 1 aromatic carbocycles. The average molecular weight is 423 g/mol. The van der Waals surface area contributed by atoms with Gasteiger partial charge in [0.25, 0.3) is 0 Å². The Hall–Kier alpha value is -2.20. The number of rotatable bonds is 4. The van der Waals surface area contributed by atoms with Crippen LogP contribution in [0.4, 0.5) is 22.4 Å². The summed E-state index contributed by atoms with van der Waals surface area (Å²) in [5, 5.41) is 21.3. The summed E-state index contributed by atoms with van der Waals surface area (Å²) in [6.07, 6.45) is -6.59. The van der Waals surface area contributed by atoms with Gasteiger partial charge >= 0.3 is 12.3 Å². The van der Waals surface area contributed by atoms with E-state index in [0.29, 0.717) is 4.47 Å². The zero-order valence-corrected chi connectivity index (χ0v) is 13.8. The monoisotopic (exact) mass is 422 g/mol. The Morgan fingerprint density at radius 2 is 1.84 bits per heavy atom. The average Bonchev–Trinajstić information content (AvgIpc) is 2.53. The lowest BCUT2D eigenvalue weighted by molar-refractivity contribution is -0.137. The molecule has 0 unspecified atom stereocenters. The fourth-order valence-corrected chi connectivity index (χ4v) is 2.53. The van der Waals surface area contributed by atoms with Gasteiger partial charge in [0, 0.05) is 16.2 Å². The Labute approximate surface area is 147 Å². The highest BCUT2D eigenvalue weighted by molar-refractivity contribution is 9.10. The summed E-state index contributed by atoms with van der Waals surface area (Å²) < 4.78 is 52.1. The molecule has 2 atom stereocenters. The van der Waals surface area contributed by atoms with Crippen LogP contribution in [0.1, 0.15) is 28.8 Å². The lowest BCUT2D eigenvalue weighted by atomic mass is 9.96. The van der Waals surface area contributed by atoms with Gasteiger partial charge in [-0.15, -0.1) is 0 Å². The Morgan fingerprint density at radius 1 is 1.24 bits per heavy atom. The minimum atomic E-state index is -4.55. The van der Waals surface area contributed by atoms with Crippen LogP contribution in [0.15, 0.2) is 41.0 Å². The number of aliphatic hydroxyl groups is 1. The number of nitrogens with zero attached hydrogens (tertiary/aromatic N) is 1. The SMILES string of the molecule is O=C(O)N[C@H](c1cc(Br)cnc1F)[C@@H](O)c1ccc(C(F)(F)F)cc1. The first-order valence-corrected chi connectivity index (χ1v) is 7.54. The number of aromatic nitrogens is 1. The smallest absolute Gasteiger partial charge is 0.416 e. The summed E-state index contributed by atoms with van der Waals surface area (Å²) in [6, 6.07) is 3.22. The maximum Gasteiger partial charge on any atom is 0.416 e. The van der Waals surface area contributed by atoms with Gasteiger partial charge in [0.1, 0.15) is 6.10 Å². The van der Waals surface area contributed by atoms with Crippen molar-refractivity contribution in [3.05, 3.63) is 63.6 Å². The van der Waals surface area contributed by atoms with Crippen molar-refractivity contribution in [2.45, 2.75) is 18.3 Å².